The molecule has 39 heavy (non-hydrogen) atoms. The standard InChI is InChI=1S/C15H11N2O2S.C10H7ClNO.C2H2F3.Li/c1-20(18,19)15-10-16-14-9-12(7-8-13(14)17-15)11-5-3-2-4-6-11;11-9-3-1-2-7(6-12)10(9)13-8-4-5-8;1-2(3,4)5;/h3-10H,1H3;2-3,8H,4-5H2;1H2;/q3*-1;+1. The van der Waals surface area contributed by atoms with Gasteiger partial charge < -0.3 is 4.74 Å². The summed E-state index contributed by atoms with van der Waals surface area (Å²) in [4.78, 5) is 8.31. The Labute approximate surface area is 241 Å². The topological polar surface area (TPSA) is 92.9 Å². The summed E-state index contributed by atoms with van der Waals surface area (Å²) in [6.07, 6.45) is 0.532. The van der Waals surface area contributed by atoms with Crippen LogP contribution in [0.1, 0.15) is 18.4 Å². The molecule has 6 nitrogen and oxygen atoms in total. The molecule has 0 unspecified atom stereocenters. The summed E-state index contributed by atoms with van der Waals surface area (Å²) in [5.74, 6) is 0.505. The number of hydrogen-bond acceptors (Lipinski definition) is 6. The number of rotatable bonds is 4. The van der Waals surface area contributed by atoms with Gasteiger partial charge in [0.2, 0.25) is 0 Å². The van der Waals surface area contributed by atoms with E-state index in [0.29, 0.717) is 27.4 Å². The number of sulfone groups is 1. The van der Waals surface area contributed by atoms with Crippen LogP contribution < -0.4 is 23.6 Å². The van der Waals surface area contributed by atoms with Crippen LogP contribution in [-0.4, -0.2) is 36.9 Å². The first kappa shape index (κ1) is 32.1. The molecule has 0 atom stereocenters. The molecule has 4 aromatic rings. The van der Waals surface area contributed by atoms with Crippen molar-refractivity contribution in [3.63, 3.8) is 0 Å². The maximum absolute atomic E-state index is 11.5. The third-order valence-electron chi connectivity index (χ3n) is 4.78. The molecule has 12 heteroatoms. The molecule has 0 saturated heterocycles. The number of hydrogen-bond donors (Lipinski definition) is 0. The summed E-state index contributed by atoms with van der Waals surface area (Å²) >= 11 is 5.87. The molecule has 0 radical (unpaired) electrons. The van der Waals surface area contributed by atoms with Crippen molar-refractivity contribution in [1.29, 1.82) is 5.26 Å². The minimum atomic E-state index is -4.25. The average Bonchev–Trinajstić information content (AvgIpc) is 3.68. The quantitative estimate of drug-likeness (QED) is 0.278. The summed E-state index contributed by atoms with van der Waals surface area (Å²) in [6.45, 7) is 1.77. The van der Waals surface area contributed by atoms with Crippen molar-refractivity contribution in [1.82, 2.24) is 9.97 Å². The summed E-state index contributed by atoms with van der Waals surface area (Å²) < 4.78 is 59.2. The Hall–Kier alpha value is -3.08. The van der Waals surface area contributed by atoms with Crippen LogP contribution in [0.4, 0.5) is 13.2 Å². The number of ether oxygens (including phenoxy) is 1. The van der Waals surface area contributed by atoms with Crippen LogP contribution in [0.5, 0.6) is 5.75 Å². The van der Waals surface area contributed by atoms with Gasteiger partial charge >= 0.3 is 18.9 Å². The zero-order chi connectivity index (χ0) is 27.9. The fourth-order valence-electron chi connectivity index (χ4n) is 2.94. The molecule has 0 amide bonds. The number of benzene rings is 3. The minimum Gasteiger partial charge on any atom is -0.513 e. The molecule has 1 heterocycles. The maximum atomic E-state index is 11.5. The largest absolute Gasteiger partial charge is 1.00 e. The van der Waals surface area contributed by atoms with Gasteiger partial charge in [-0.25, -0.2) is 38.8 Å². The van der Waals surface area contributed by atoms with E-state index in [4.69, 9.17) is 21.6 Å². The molecular formula is C27H20ClF3LiN3O3S-2. The first-order valence-electron chi connectivity index (χ1n) is 11.0. The predicted octanol–water partition coefficient (Wildman–Crippen LogP) is 3.44. The van der Waals surface area contributed by atoms with Crippen LogP contribution in [0, 0.1) is 30.4 Å². The van der Waals surface area contributed by atoms with E-state index in [9.17, 15) is 21.6 Å². The normalized spacial score (nSPS) is 12.5. The zero-order valence-corrected chi connectivity index (χ0v) is 22.5. The van der Waals surface area contributed by atoms with Crippen molar-refractivity contribution in [3.05, 3.63) is 90.4 Å². The van der Waals surface area contributed by atoms with Gasteiger partial charge in [0.15, 0.2) is 14.9 Å². The van der Waals surface area contributed by atoms with E-state index < -0.39 is 16.0 Å². The second-order valence-electron chi connectivity index (χ2n) is 8.06. The van der Waals surface area contributed by atoms with Crippen molar-refractivity contribution >= 4 is 32.5 Å². The van der Waals surface area contributed by atoms with E-state index >= 15 is 0 Å². The predicted molar refractivity (Wildman–Crippen MR) is 137 cm³/mol. The van der Waals surface area contributed by atoms with Crippen molar-refractivity contribution in [2.45, 2.75) is 30.1 Å². The number of alkyl halides is 3. The first-order chi connectivity index (χ1) is 17.8. The Morgan fingerprint density at radius 2 is 1.74 bits per heavy atom. The Morgan fingerprint density at radius 1 is 1.10 bits per heavy atom. The first-order valence-corrected chi connectivity index (χ1v) is 13.2. The molecule has 198 valence electrons. The van der Waals surface area contributed by atoms with Crippen molar-refractivity contribution in [3.8, 4) is 22.9 Å². The van der Waals surface area contributed by atoms with E-state index in [-0.39, 0.29) is 30.0 Å². The van der Waals surface area contributed by atoms with E-state index in [0.717, 1.165) is 30.2 Å². The van der Waals surface area contributed by atoms with Gasteiger partial charge in [0.05, 0.1) is 23.3 Å². The molecule has 1 aliphatic rings. The van der Waals surface area contributed by atoms with Crippen LogP contribution in [0.2, 0.25) is 5.02 Å². The summed E-state index contributed by atoms with van der Waals surface area (Å²) in [5, 5.41) is 9.22. The summed E-state index contributed by atoms with van der Waals surface area (Å²) in [6, 6.07) is 24.2. The van der Waals surface area contributed by atoms with Crippen molar-refractivity contribution in [2.24, 2.45) is 0 Å². The van der Waals surface area contributed by atoms with Gasteiger partial charge in [-0.2, -0.15) is 60.1 Å². The number of nitrogens with zero attached hydrogens (tertiary/aromatic N) is 3. The van der Waals surface area contributed by atoms with Crippen LogP contribution in [0.3, 0.4) is 0 Å². The van der Waals surface area contributed by atoms with Gasteiger partial charge in [-0.15, -0.1) is 5.56 Å². The molecule has 0 spiro atoms. The van der Waals surface area contributed by atoms with Crippen LogP contribution in [-0.2, 0) is 9.84 Å². The SMILES string of the molecule is CS(=O)(=O)c1cnc2cc(-c3cc[c-]cc3)ccc2n1.N#Cc1c[c-]cc(Cl)c1OC1CC1.[CH2-]C(F)(F)F.[Li+]. The van der Waals surface area contributed by atoms with Crippen LogP contribution in [0.15, 0.2) is 65.8 Å². The van der Waals surface area contributed by atoms with E-state index in [1.54, 1.807) is 25.1 Å². The van der Waals surface area contributed by atoms with Gasteiger partial charge in [0.1, 0.15) is 0 Å². The fraction of sp³-hybridized carbons (Fsp3) is 0.185. The third-order valence-corrected chi connectivity index (χ3v) is 6.02. The monoisotopic (exact) mass is 565 g/mol. The third kappa shape index (κ3) is 10.5. The number of fused-ring (bicyclic) bond motifs is 1. The van der Waals surface area contributed by atoms with Crippen molar-refractivity contribution in [2.75, 3.05) is 6.26 Å². The van der Waals surface area contributed by atoms with Gasteiger partial charge in [-0.3, -0.25) is 4.98 Å². The zero-order valence-electron chi connectivity index (χ0n) is 21.0. The molecule has 1 aliphatic carbocycles. The molecular weight excluding hydrogens is 546 g/mol. The summed E-state index contributed by atoms with van der Waals surface area (Å²) in [5.41, 5.74) is 3.76. The average molecular weight is 566 g/mol. The van der Waals surface area contributed by atoms with E-state index in [1.165, 1.54) is 6.20 Å². The molecule has 3 aromatic carbocycles. The van der Waals surface area contributed by atoms with Gasteiger partial charge in [0.25, 0.3) is 6.18 Å². The van der Waals surface area contributed by atoms with Gasteiger partial charge in [-0.05, 0) is 41.1 Å². The smallest absolute Gasteiger partial charge is 0.513 e. The molecule has 1 saturated carbocycles. The van der Waals surface area contributed by atoms with Crippen LogP contribution >= 0.6 is 11.6 Å². The molecule has 0 bridgehead atoms. The Morgan fingerprint density at radius 3 is 2.31 bits per heavy atom. The molecule has 1 aromatic heterocycles. The van der Waals surface area contributed by atoms with E-state index in [2.05, 4.69) is 22.1 Å². The van der Waals surface area contributed by atoms with E-state index in [1.807, 2.05) is 42.5 Å². The maximum Gasteiger partial charge on any atom is 1.00 e. The Bertz CT molecular complexity index is 1550. The molecule has 1 fully saturated rings. The van der Waals surface area contributed by atoms with Crippen LogP contribution in [0.25, 0.3) is 22.2 Å². The number of nitriles is 1. The van der Waals surface area contributed by atoms with Crippen molar-refractivity contribution < 1.29 is 45.2 Å². The second-order valence-corrected chi connectivity index (χ2v) is 10.4. The summed E-state index contributed by atoms with van der Waals surface area (Å²) in [7, 11) is -3.33. The molecule has 5 rings (SSSR count). The van der Waals surface area contributed by atoms with Gasteiger partial charge in [-0.1, -0.05) is 6.07 Å². The van der Waals surface area contributed by atoms with Gasteiger partial charge in [0, 0.05) is 18.1 Å². The number of aromatic nitrogens is 2. The molecule has 0 aliphatic heterocycles. The number of halogens is 4. The Balaban J connectivity index is 0.000000242. The Kier molecular flexibility index (Phi) is 11.4. The molecule has 0 N–H and O–H groups in total. The minimum absolute atomic E-state index is 0. The fourth-order valence-corrected chi connectivity index (χ4v) is 3.66. The second kappa shape index (κ2) is 13.8.